The molecule has 2 heterocycles. The van der Waals surface area contributed by atoms with Crippen molar-refractivity contribution in [3.05, 3.63) is 40.9 Å². The number of aryl methyl sites for hydroxylation is 1. The number of thiazole rings is 1. The summed E-state index contributed by atoms with van der Waals surface area (Å²) in [5, 5.41) is 5.68. The molecule has 1 aromatic heterocycles. The Kier molecular flexibility index (Phi) is 6.29. The van der Waals surface area contributed by atoms with Gasteiger partial charge in [-0.3, -0.25) is 9.69 Å². The van der Waals surface area contributed by atoms with E-state index in [1.807, 2.05) is 18.2 Å². The van der Waals surface area contributed by atoms with Crippen LogP contribution in [0.15, 0.2) is 34.5 Å². The zero-order valence-electron chi connectivity index (χ0n) is 14.0. The minimum atomic E-state index is 0.00197. The molecule has 2 aromatic rings. The molecule has 0 unspecified atom stereocenters. The van der Waals surface area contributed by atoms with Gasteiger partial charge in [-0.25, -0.2) is 4.98 Å². The van der Waals surface area contributed by atoms with Crippen molar-refractivity contribution in [3.8, 4) is 0 Å². The molecule has 0 spiro atoms. The van der Waals surface area contributed by atoms with Crippen LogP contribution in [0, 0.1) is 6.92 Å². The van der Waals surface area contributed by atoms with Crippen LogP contribution in [0.1, 0.15) is 30.5 Å². The van der Waals surface area contributed by atoms with Gasteiger partial charge in [0, 0.05) is 16.8 Å². The fourth-order valence-corrected chi connectivity index (χ4v) is 4.35. The number of hydrogen-bond donors (Lipinski definition) is 1. The van der Waals surface area contributed by atoms with Crippen molar-refractivity contribution >= 4 is 34.1 Å². The first kappa shape index (κ1) is 17.5. The minimum Gasteiger partial charge on any atom is -0.301 e. The van der Waals surface area contributed by atoms with Gasteiger partial charge in [0.05, 0.1) is 11.4 Å². The van der Waals surface area contributed by atoms with Gasteiger partial charge in [-0.1, -0.05) is 24.6 Å². The fourth-order valence-electron chi connectivity index (χ4n) is 2.80. The number of hydrogen-bond acceptors (Lipinski definition) is 5. The van der Waals surface area contributed by atoms with Gasteiger partial charge in [0.25, 0.3) is 0 Å². The van der Waals surface area contributed by atoms with Gasteiger partial charge in [0.15, 0.2) is 5.13 Å². The van der Waals surface area contributed by atoms with Crippen molar-refractivity contribution < 1.29 is 4.79 Å². The Morgan fingerprint density at radius 3 is 2.88 bits per heavy atom. The molecule has 6 heteroatoms. The highest BCUT2D eigenvalue weighted by molar-refractivity contribution is 8.00. The topological polar surface area (TPSA) is 45.2 Å². The van der Waals surface area contributed by atoms with Crippen molar-refractivity contribution in [2.24, 2.45) is 0 Å². The summed E-state index contributed by atoms with van der Waals surface area (Å²) in [4.78, 5) is 20.3. The predicted octanol–water partition coefficient (Wildman–Crippen LogP) is 4.17. The van der Waals surface area contributed by atoms with Crippen LogP contribution in [0.2, 0.25) is 0 Å². The molecule has 1 aliphatic rings. The van der Waals surface area contributed by atoms with Crippen LogP contribution in [0.5, 0.6) is 0 Å². The lowest BCUT2D eigenvalue weighted by Gasteiger charge is -2.25. The van der Waals surface area contributed by atoms with Crippen LogP contribution in [0.4, 0.5) is 5.13 Å². The number of nitrogens with zero attached hydrogens (tertiary/aromatic N) is 2. The first-order valence-electron chi connectivity index (χ1n) is 8.36. The minimum absolute atomic E-state index is 0.00197. The average Bonchev–Trinajstić information content (AvgIpc) is 3.02. The van der Waals surface area contributed by atoms with Crippen LogP contribution < -0.4 is 5.32 Å². The SMILES string of the molecule is Cc1ccccc1SCC(=O)Nc1nc(CN2CCCCC2)cs1. The molecule has 128 valence electrons. The van der Waals surface area contributed by atoms with E-state index in [1.165, 1.54) is 36.2 Å². The maximum Gasteiger partial charge on any atom is 0.236 e. The number of nitrogens with one attached hydrogen (secondary N) is 1. The lowest BCUT2D eigenvalue weighted by molar-refractivity contribution is -0.113. The molecule has 1 fully saturated rings. The molecule has 1 aliphatic heterocycles. The molecule has 1 saturated heterocycles. The standard InChI is InChI=1S/C18H23N3OS2/c1-14-7-3-4-8-16(14)23-13-17(22)20-18-19-15(12-24-18)11-21-9-5-2-6-10-21/h3-4,7-8,12H,2,5-6,9-11,13H2,1H3,(H,19,20,22). The zero-order chi connectivity index (χ0) is 16.8. The number of rotatable bonds is 6. The Morgan fingerprint density at radius 2 is 2.08 bits per heavy atom. The molecular weight excluding hydrogens is 338 g/mol. The van der Waals surface area contributed by atoms with E-state index in [0.717, 1.165) is 30.2 Å². The van der Waals surface area contributed by atoms with E-state index in [2.05, 4.69) is 33.6 Å². The first-order chi connectivity index (χ1) is 11.7. The van der Waals surface area contributed by atoms with Gasteiger partial charge >= 0.3 is 0 Å². The molecule has 0 aliphatic carbocycles. The first-order valence-corrected chi connectivity index (χ1v) is 10.2. The lowest BCUT2D eigenvalue weighted by Crippen LogP contribution is -2.29. The normalized spacial score (nSPS) is 15.4. The molecule has 0 atom stereocenters. The monoisotopic (exact) mass is 361 g/mol. The maximum absolute atomic E-state index is 12.1. The second-order valence-electron chi connectivity index (χ2n) is 6.08. The number of anilines is 1. The van der Waals surface area contributed by atoms with E-state index in [1.54, 1.807) is 11.8 Å². The van der Waals surface area contributed by atoms with Crippen molar-refractivity contribution in [2.45, 2.75) is 37.6 Å². The van der Waals surface area contributed by atoms with Gasteiger partial charge in [-0.15, -0.1) is 23.1 Å². The van der Waals surface area contributed by atoms with Gasteiger partial charge in [-0.2, -0.15) is 0 Å². The quantitative estimate of drug-likeness (QED) is 0.785. The highest BCUT2D eigenvalue weighted by Gasteiger charge is 2.13. The summed E-state index contributed by atoms with van der Waals surface area (Å²) >= 11 is 3.08. The summed E-state index contributed by atoms with van der Waals surface area (Å²) in [7, 11) is 0. The summed E-state index contributed by atoms with van der Waals surface area (Å²) in [5.41, 5.74) is 2.26. The number of amides is 1. The fraction of sp³-hybridized carbons (Fsp3) is 0.444. The Balaban J connectivity index is 1.47. The third-order valence-corrected chi connectivity index (χ3v) is 6.07. The Hall–Kier alpha value is -1.37. The van der Waals surface area contributed by atoms with E-state index in [-0.39, 0.29) is 5.91 Å². The number of aromatic nitrogens is 1. The van der Waals surface area contributed by atoms with Crippen LogP contribution in [-0.4, -0.2) is 34.6 Å². The number of piperidine rings is 1. The molecule has 0 bridgehead atoms. The average molecular weight is 362 g/mol. The molecule has 1 aromatic carbocycles. The van der Waals surface area contributed by atoms with Gasteiger partial charge in [0.2, 0.25) is 5.91 Å². The number of likely N-dealkylation sites (tertiary alicyclic amines) is 1. The van der Waals surface area contributed by atoms with E-state index in [9.17, 15) is 4.79 Å². The maximum atomic E-state index is 12.1. The zero-order valence-corrected chi connectivity index (χ0v) is 15.6. The third-order valence-electron chi connectivity index (χ3n) is 4.08. The molecular formula is C18H23N3OS2. The highest BCUT2D eigenvalue weighted by atomic mass is 32.2. The predicted molar refractivity (Wildman–Crippen MR) is 102 cm³/mol. The second kappa shape index (κ2) is 8.65. The lowest BCUT2D eigenvalue weighted by atomic mass is 10.1. The van der Waals surface area contributed by atoms with Crippen molar-refractivity contribution in [2.75, 3.05) is 24.2 Å². The summed E-state index contributed by atoms with van der Waals surface area (Å²) < 4.78 is 0. The van der Waals surface area contributed by atoms with Crippen LogP contribution in [-0.2, 0) is 11.3 Å². The highest BCUT2D eigenvalue weighted by Crippen LogP contribution is 2.23. The number of benzene rings is 1. The van der Waals surface area contributed by atoms with Crippen LogP contribution >= 0.6 is 23.1 Å². The third kappa shape index (κ3) is 5.06. The van der Waals surface area contributed by atoms with E-state index < -0.39 is 0 Å². The molecule has 0 radical (unpaired) electrons. The molecule has 4 nitrogen and oxygen atoms in total. The Morgan fingerprint density at radius 1 is 1.29 bits per heavy atom. The molecule has 1 N–H and O–H groups in total. The summed E-state index contributed by atoms with van der Waals surface area (Å²) in [6.07, 6.45) is 3.90. The Bertz CT molecular complexity index is 680. The molecule has 1 amide bonds. The van der Waals surface area contributed by atoms with Gasteiger partial charge in [0.1, 0.15) is 0 Å². The van der Waals surface area contributed by atoms with Gasteiger partial charge in [-0.05, 0) is 44.5 Å². The second-order valence-corrected chi connectivity index (χ2v) is 7.96. The largest absolute Gasteiger partial charge is 0.301 e. The molecule has 24 heavy (non-hydrogen) atoms. The van der Waals surface area contributed by atoms with Gasteiger partial charge < -0.3 is 5.32 Å². The smallest absolute Gasteiger partial charge is 0.236 e. The molecule has 0 saturated carbocycles. The van der Waals surface area contributed by atoms with Crippen LogP contribution in [0.3, 0.4) is 0 Å². The van der Waals surface area contributed by atoms with Crippen molar-refractivity contribution in [1.29, 1.82) is 0 Å². The van der Waals surface area contributed by atoms with E-state index >= 15 is 0 Å². The number of thioether (sulfide) groups is 1. The molecule has 3 rings (SSSR count). The summed E-state index contributed by atoms with van der Waals surface area (Å²) in [5.74, 6) is 0.411. The summed E-state index contributed by atoms with van der Waals surface area (Å²) in [6, 6.07) is 8.13. The number of carbonyl (C=O) groups excluding carboxylic acids is 1. The summed E-state index contributed by atoms with van der Waals surface area (Å²) in [6.45, 7) is 5.27. The van der Waals surface area contributed by atoms with E-state index in [4.69, 9.17) is 0 Å². The van der Waals surface area contributed by atoms with Crippen molar-refractivity contribution in [3.63, 3.8) is 0 Å². The van der Waals surface area contributed by atoms with Crippen LogP contribution in [0.25, 0.3) is 0 Å². The Labute approximate surface area is 151 Å². The van der Waals surface area contributed by atoms with E-state index in [0.29, 0.717) is 10.9 Å². The van der Waals surface area contributed by atoms with Crippen molar-refractivity contribution in [1.82, 2.24) is 9.88 Å². The number of carbonyl (C=O) groups is 1.